The lowest BCUT2D eigenvalue weighted by Crippen LogP contribution is -1.97. The summed E-state index contributed by atoms with van der Waals surface area (Å²) in [7, 11) is -8.98. The fraction of sp³-hybridized carbons (Fsp3) is 0.0303. The number of anilines is 1. The topological polar surface area (TPSA) is 294 Å². The number of hydrogen-bond donors (Lipinski definition) is 8. The second-order valence-corrected chi connectivity index (χ2v) is 15.0. The molecule has 6 aromatic rings. The van der Waals surface area contributed by atoms with Gasteiger partial charge >= 0.3 is 0 Å². The Balaban J connectivity index is 1.33. The van der Waals surface area contributed by atoms with Gasteiger partial charge in [-0.25, -0.2) is 5.26 Å². The molecule has 9 N–H and O–H groups in total. The van der Waals surface area contributed by atoms with E-state index in [1.807, 2.05) is 0 Å². The molecule has 0 aliphatic rings. The maximum absolute atomic E-state index is 12.0. The zero-order valence-electron chi connectivity index (χ0n) is 27.4. The van der Waals surface area contributed by atoms with Gasteiger partial charge in [0.1, 0.15) is 28.0 Å². The van der Waals surface area contributed by atoms with Crippen molar-refractivity contribution in [2.45, 2.75) is 21.6 Å². The van der Waals surface area contributed by atoms with Crippen molar-refractivity contribution < 1.29 is 51.5 Å². The molecule has 0 aliphatic carbocycles. The first kappa shape index (κ1) is 38.1. The van der Waals surface area contributed by atoms with Gasteiger partial charge in [0.15, 0.2) is 5.75 Å². The molecule has 6 aromatic carbocycles. The van der Waals surface area contributed by atoms with Crippen LogP contribution in [0, 0.1) is 6.92 Å². The van der Waals surface area contributed by atoms with Crippen LogP contribution in [0.25, 0.3) is 21.5 Å². The lowest BCUT2D eigenvalue weighted by molar-refractivity contribution is -0.432. The monoisotopic (exact) mass is 793 g/mol. The van der Waals surface area contributed by atoms with Crippen LogP contribution < -0.4 is 5.73 Å². The van der Waals surface area contributed by atoms with E-state index in [9.17, 15) is 36.8 Å². The summed E-state index contributed by atoms with van der Waals surface area (Å²) in [6.45, 7) is 1.62. The average Bonchev–Trinajstić information content (AvgIpc) is 3.13. The van der Waals surface area contributed by atoms with Crippen molar-refractivity contribution in [3.8, 4) is 11.5 Å². The molecule has 18 nitrogen and oxygen atoms in total. The van der Waals surface area contributed by atoms with Gasteiger partial charge in [-0.2, -0.15) is 18.6 Å². The molecule has 0 unspecified atom stereocenters. The number of hydrogen-bond acceptors (Lipinski definition) is 18. The molecule has 0 radical (unpaired) electrons. The highest BCUT2D eigenvalue weighted by Gasteiger charge is 2.25. The smallest absolute Gasteiger partial charge is 0.294 e. The van der Waals surface area contributed by atoms with Gasteiger partial charge in [0.2, 0.25) is 0 Å². The SMILES string of the molecule is Cc1cc(N=Nc2c(S(O)(O)O)cc3ccc(N)cc3c2O)c(O)cc1N=Nc1ccc(N=Nc2ccc(SOOO)cc2)c2ccc(S(=O)(=O)O)cc12. The summed E-state index contributed by atoms with van der Waals surface area (Å²) in [5.41, 5.74) is 7.12. The molecule has 0 amide bonds. The summed E-state index contributed by atoms with van der Waals surface area (Å²) in [6.07, 6.45) is 0. The Hall–Kier alpha value is -5.59. The molecule has 0 aromatic heterocycles. The van der Waals surface area contributed by atoms with Crippen LogP contribution in [0.4, 0.5) is 39.8 Å². The van der Waals surface area contributed by atoms with E-state index in [-0.39, 0.29) is 27.8 Å². The third kappa shape index (κ3) is 8.45. The standard InChI is InChI=1S/C33H27N7O11S3/c1-17-12-29(39-40-32-31(54(47,48)49)13-18-2-3-19(34)14-24(18)33(32)42)30(41)16-28(17)38-37-27-11-10-26(23-9-8-22(15-25(23)27)53(44,45)46)36-35-20-4-6-21(7-5-20)52-51-50-43/h2-16,41-43,47-49H,34H2,1H3,(H,44,45,46). The third-order valence-corrected chi connectivity index (χ3v) is 10.0. The van der Waals surface area contributed by atoms with E-state index in [2.05, 4.69) is 40.1 Å². The Bertz CT molecular complexity index is 2620. The summed E-state index contributed by atoms with van der Waals surface area (Å²) < 4.78 is 68.3. The van der Waals surface area contributed by atoms with E-state index in [4.69, 9.17) is 11.0 Å². The van der Waals surface area contributed by atoms with E-state index in [0.717, 1.165) is 12.0 Å². The molecule has 278 valence electrons. The number of benzene rings is 6. The molecule has 21 heteroatoms. The highest BCUT2D eigenvalue weighted by molar-refractivity contribution is 8.19. The van der Waals surface area contributed by atoms with Crippen LogP contribution in [0.5, 0.6) is 11.5 Å². The average molecular weight is 794 g/mol. The fourth-order valence-corrected chi connectivity index (χ4v) is 6.64. The molecular weight excluding hydrogens is 767 g/mol. The number of nitrogens with two attached hydrogens (primary N) is 1. The number of aryl methyl sites for hydroxylation is 1. The van der Waals surface area contributed by atoms with Crippen molar-refractivity contribution in [3.63, 3.8) is 0 Å². The van der Waals surface area contributed by atoms with Crippen LogP contribution in [0.15, 0.2) is 136 Å². The molecule has 0 saturated carbocycles. The molecule has 0 fully saturated rings. The predicted octanol–water partition coefficient (Wildman–Crippen LogP) is 10.8. The van der Waals surface area contributed by atoms with Gasteiger partial charge in [0.05, 0.1) is 44.6 Å². The Morgan fingerprint density at radius 3 is 2.02 bits per heavy atom. The summed E-state index contributed by atoms with van der Waals surface area (Å²) >= 11 is 0.769. The van der Waals surface area contributed by atoms with Crippen molar-refractivity contribution in [1.82, 2.24) is 0 Å². The zero-order chi connectivity index (χ0) is 38.8. The van der Waals surface area contributed by atoms with Crippen molar-refractivity contribution in [2.75, 3.05) is 5.73 Å². The first-order chi connectivity index (χ1) is 25.6. The summed E-state index contributed by atoms with van der Waals surface area (Å²) in [6, 6.07) is 21.7. The van der Waals surface area contributed by atoms with E-state index < -0.39 is 48.0 Å². The number of azo groups is 3. The first-order valence-electron chi connectivity index (χ1n) is 15.1. The van der Waals surface area contributed by atoms with Crippen molar-refractivity contribution >= 4 is 94.4 Å². The summed E-state index contributed by atoms with van der Waals surface area (Å²) in [4.78, 5) is -0.304. The largest absolute Gasteiger partial charge is 0.506 e. The van der Waals surface area contributed by atoms with Crippen LogP contribution in [0.3, 0.4) is 0 Å². The maximum atomic E-state index is 12.0. The minimum absolute atomic E-state index is 0.113. The molecule has 0 atom stereocenters. The Morgan fingerprint density at radius 1 is 0.667 bits per heavy atom. The van der Waals surface area contributed by atoms with Gasteiger partial charge in [-0.1, -0.05) is 17.2 Å². The molecular formula is C33H27N7O11S3. The Morgan fingerprint density at radius 2 is 1.33 bits per heavy atom. The van der Waals surface area contributed by atoms with Gasteiger partial charge in [-0.15, -0.1) is 24.8 Å². The Kier molecular flexibility index (Phi) is 10.9. The molecule has 6 rings (SSSR count). The van der Waals surface area contributed by atoms with Gasteiger partial charge < -0.3 is 29.6 Å². The van der Waals surface area contributed by atoms with Crippen molar-refractivity contribution in [3.05, 3.63) is 96.6 Å². The van der Waals surface area contributed by atoms with Crippen LogP contribution in [0.2, 0.25) is 0 Å². The summed E-state index contributed by atoms with van der Waals surface area (Å²) in [5.74, 6) is -0.976. The third-order valence-electron chi connectivity index (χ3n) is 7.70. The van der Waals surface area contributed by atoms with Gasteiger partial charge in [0.25, 0.3) is 10.1 Å². The number of rotatable bonds is 11. The number of phenols is 2. The molecule has 0 saturated heterocycles. The fourth-order valence-electron chi connectivity index (χ4n) is 5.10. The second-order valence-electron chi connectivity index (χ2n) is 11.3. The molecule has 0 heterocycles. The minimum Gasteiger partial charge on any atom is -0.506 e. The van der Waals surface area contributed by atoms with Gasteiger partial charge in [0, 0.05) is 32.8 Å². The number of fused-ring (bicyclic) bond motifs is 2. The number of nitrogens with zero attached hydrogens (tertiary/aromatic N) is 6. The van der Waals surface area contributed by atoms with Crippen molar-refractivity contribution in [1.29, 1.82) is 0 Å². The van der Waals surface area contributed by atoms with Crippen LogP contribution in [-0.2, 0) is 19.5 Å². The first-order valence-corrected chi connectivity index (χ1v) is 18.7. The normalized spacial score (nSPS) is 12.9. The van der Waals surface area contributed by atoms with E-state index in [0.29, 0.717) is 38.3 Å². The molecule has 54 heavy (non-hydrogen) atoms. The van der Waals surface area contributed by atoms with Crippen molar-refractivity contribution in [2.24, 2.45) is 30.7 Å². The van der Waals surface area contributed by atoms with Crippen LogP contribution in [0.1, 0.15) is 5.56 Å². The van der Waals surface area contributed by atoms with Gasteiger partial charge in [-0.05, 0) is 90.7 Å². The molecule has 0 spiro atoms. The highest BCUT2D eigenvalue weighted by Crippen LogP contribution is 2.54. The second kappa shape index (κ2) is 15.4. The van der Waals surface area contributed by atoms with E-state index in [1.54, 1.807) is 37.3 Å². The highest BCUT2D eigenvalue weighted by atomic mass is 32.3. The number of aromatic hydroxyl groups is 2. The number of nitrogen functional groups attached to an aromatic ring is 1. The lowest BCUT2D eigenvalue weighted by atomic mass is 10.1. The minimum atomic E-state index is -4.60. The van der Waals surface area contributed by atoms with Crippen LogP contribution in [-0.4, -0.2) is 42.1 Å². The van der Waals surface area contributed by atoms with E-state index in [1.165, 1.54) is 60.7 Å². The molecule has 0 bridgehead atoms. The lowest BCUT2D eigenvalue weighted by Gasteiger charge is -2.22. The Labute approximate surface area is 311 Å². The predicted molar refractivity (Wildman–Crippen MR) is 200 cm³/mol. The van der Waals surface area contributed by atoms with Gasteiger partial charge in [-0.3, -0.25) is 4.55 Å². The number of phenolic OH excluding ortho intramolecular Hbond substituents is 2. The van der Waals surface area contributed by atoms with E-state index >= 15 is 0 Å². The summed E-state index contributed by atoms with van der Waals surface area (Å²) in [5, 5.41) is 59.7. The maximum Gasteiger partial charge on any atom is 0.294 e. The quantitative estimate of drug-likeness (QED) is 0.0151. The van der Waals surface area contributed by atoms with Crippen LogP contribution >= 0.6 is 22.9 Å². The zero-order valence-corrected chi connectivity index (χ0v) is 29.9. The molecule has 0 aliphatic heterocycles.